The van der Waals surface area contributed by atoms with Crippen molar-refractivity contribution in [2.75, 3.05) is 6.54 Å². The summed E-state index contributed by atoms with van der Waals surface area (Å²) in [5.41, 5.74) is 16.0. The van der Waals surface area contributed by atoms with E-state index in [4.69, 9.17) is 16.5 Å². The van der Waals surface area contributed by atoms with Crippen molar-refractivity contribution in [3.8, 4) is 11.3 Å². The number of aromatic nitrogens is 3. The van der Waals surface area contributed by atoms with Crippen LogP contribution < -0.4 is 11.5 Å². The van der Waals surface area contributed by atoms with Crippen molar-refractivity contribution in [3.05, 3.63) is 54.6 Å². The van der Waals surface area contributed by atoms with Gasteiger partial charge in [0, 0.05) is 35.6 Å². The van der Waals surface area contributed by atoms with Crippen molar-refractivity contribution in [3.63, 3.8) is 0 Å². The highest BCUT2D eigenvalue weighted by Crippen LogP contribution is 2.35. The lowest BCUT2D eigenvalue weighted by Gasteiger charge is -2.31. The van der Waals surface area contributed by atoms with Crippen molar-refractivity contribution in [1.29, 1.82) is 0 Å². The molecule has 118 valence electrons. The van der Waals surface area contributed by atoms with Gasteiger partial charge in [-0.25, -0.2) is 4.98 Å². The van der Waals surface area contributed by atoms with E-state index in [0.717, 1.165) is 27.7 Å². The van der Waals surface area contributed by atoms with E-state index in [1.807, 2.05) is 18.2 Å². The zero-order valence-corrected chi connectivity index (χ0v) is 13.4. The predicted octanol–water partition coefficient (Wildman–Crippen LogP) is 2.68. The van der Waals surface area contributed by atoms with Crippen LogP contribution in [0.4, 0.5) is 0 Å². The van der Waals surface area contributed by atoms with Gasteiger partial charge in [-0.15, -0.1) is 0 Å². The second kappa shape index (κ2) is 6.02. The average Bonchev–Trinajstić information content (AvgIpc) is 2.60. The number of fused-ring (bicyclic) bond motifs is 1. The van der Waals surface area contributed by atoms with Gasteiger partial charge >= 0.3 is 0 Å². The molecule has 0 saturated carbocycles. The molecule has 0 aliphatic rings. The molecule has 0 amide bonds. The van der Waals surface area contributed by atoms with Crippen molar-refractivity contribution >= 4 is 10.9 Å². The van der Waals surface area contributed by atoms with Gasteiger partial charge in [-0.2, -0.15) is 0 Å². The van der Waals surface area contributed by atoms with Gasteiger partial charge in [0.25, 0.3) is 0 Å². The molecule has 0 aliphatic heterocycles. The van der Waals surface area contributed by atoms with Crippen LogP contribution in [0.1, 0.15) is 25.5 Å². The van der Waals surface area contributed by atoms with E-state index in [0.29, 0.717) is 6.54 Å². The minimum atomic E-state index is -0.215. The Bertz CT molecular complexity index is 814. The Labute approximate surface area is 135 Å². The van der Waals surface area contributed by atoms with Gasteiger partial charge in [-0.1, -0.05) is 13.8 Å². The molecule has 3 rings (SSSR count). The Kier molecular flexibility index (Phi) is 4.07. The van der Waals surface area contributed by atoms with Gasteiger partial charge in [0.2, 0.25) is 0 Å². The maximum absolute atomic E-state index is 6.56. The lowest BCUT2D eigenvalue weighted by Crippen LogP contribution is -2.36. The molecule has 23 heavy (non-hydrogen) atoms. The largest absolute Gasteiger partial charge is 0.330 e. The lowest BCUT2D eigenvalue weighted by atomic mass is 9.80. The minimum Gasteiger partial charge on any atom is -0.330 e. The standard InChI is InChI=1S/C18H21N5/c1-18(2,11-19)17(20)14-9-15(12-3-6-21-7-4-12)23-16-10-22-8-5-13(14)16/h3-10,17H,11,19-20H2,1-2H3. The normalized spacial score (nSPS) is 13.2. The predicted molar refractivity (Wildman–Crippen MR) is 92.5 cm³/mol. The molecule has 0 spiro atoms. The summed E-state index contributed by atoms with van der Waals surface area (Å²) in [7, 11) is 0. The molecule has 3 aromatic heterocycles. The first-order valence-electron chi connectivity index (χ1n) is 7.63. The van der Waals surface area contributed by atoms with Gasteiger partial charge < -0.3 is 11.5 Å². The number of hydrogen-bond acceptors (Lipinski definition) is 5. The average molecular weight is 307 g/mol. The Morgan fingerprint density at radius 2 is 1.78 bits per heavy atom. The SMILES string of the molecule is CC(C)(CN)C(N)c1cc(-c2ccncc2)nc2cnccc12. The number of nitrogens with two attached hydrogens (primary N) is 2. The van der Waals surface area contributed by atoms with Crippen LogP contribution in [0.15, 0.2) is 49.1 Å². The molecule has 0 radical (unpaired) electrons. The van der Waals surface area contributed by atoms with Crippen molar-refractivity contribution in [1.82, 2.24) is 15.0 Å². The van der Waals surface area contributed by atoms with E-state index < -0.39 is 0 Å². The van der Waals surface area contributed by atoms with Gasteiger partial charge in [0.1, 0.15) is 0 Å². The molecule has 0 bridgehead atoms. The quantitative estimate of drug-likeness (QED) is 0.773. The Morgan fingerprint density at radius 1 is 1.09 bits per heavy atom. The highest BCUT2D eigenvalue weighted by atomic mass is 14.8. The van der Waals surface area contributed by atoms with Crippen LogP contribution in [0.2, 0.25) is 0 Å². The van der Waals surface area contributed by atoms with Crippen LogP contribution in [0.3, 0.4) is 0 Å². The number of pyridine rings is 3. The fourth-order valence-corrected chi connectivity index (χ4v) is 2.58. The summed E-state index contributed by atoms with van der Waals surface area (Å²) >= 11 is 0. The summed E-state index contributed by atoms with van der Waals surface area (Å²) in [6.07, 6.45) is 7.05. The smallest absolute Gasteiger partial charge is 0.0896 e. The molecular formula is C18H21N5. The molecular weight excluding hydrogens is 286 g/mol. The first-order valence-corrected chi connectivity index (χ1v) is 7.63. The fraction of sp³-hybridized carbons (Fsp3) is 0.278. The second-order valence-corrected chi connectivity index (χ2v) is 6.40. The van der Waals surface area contributed by atoms with Crippen molar-refractivity contribution in [2.24, 2.45) is 16.9 Å². The Balaban J connectivity index is 2.23. The highest BCUT2D eigenvalue weighted by Gasteiger charge is 2.28. The molecule has 3 heterocycles. The van der Waals surface area contributed by atoms with E-state index >= 15 is 0 Å². The molecule has 1 unspecified atom stereocenters. The zero-order chi connectivity index (χ0) is 16.4. The highest BCUT2D eigenvalue weighted by molar-refractivity contribution is 5.85. The molecule has 3 aromatic rings. The third kappa shape index (κ3) is 2.93. The lowest BCUT2D eigenvalue weighted by molar-refractivity contribution is 0.302. The maximum atomic E-state index is 6.56. The summed E-state index contributed by atoms with van der Waals surface area (Å²) in [4.78, 5) is 13.0. The van der Waals surface area contributed by atoms with E-state index in [9.17, 15) is 0 Å². The van der Waals surface area contributed by atoms with E-state index in [-0.39, 0.29) is 11.5 Å². The van der Waals surface area contributed by atoms with Crippen LogP contribution in [0.5, 0.6) is 0 Å². The number of nitrogens with zero attached hydrogens (tertiary/aromatic N) is 3. The van der Waals surface area contributed by atoms with Gasteiger partial charge in [0.05, 0.1) is 17.4 Å². The third-order valence-electron chi connectivity index (χ3n) is 4.32. The number of rotatable bonds is 4. The molecule has 0 saturated heterocycles. The van der Waals surface area contributed by atoms with E-state index in [1.54, 1.807) is 24.8 Å². The third-order valence-corrected chi connectivity index (χ3v) is 4.32. The minimum absolute atomic E-state index is 0.194. The number of hydrogen-bond donors (Lipinski definition) is 2. The maximum Gasteiger partial charge on any atom is 0.0896 e. The van der Waals surface area contributed by atoms with Crippen LogP contribution in [-0.2, 0) is 0 Å². The van der Waals surface area contributed by atoms with Crippen LogP contribution in [-0.4, -0.2) is 21.5 Å². The Morgan fingerprint density at radius 3 is 2.48 bits per heavy atom. The van der Waals surface area contributed by atoms with E-state index in [2.05, 4.69) is 29.9 Å². The monoisotopic (exact) mass is 307 g/mol. The summed E-state index contributed by atoms with van der Waals surface area (Å²) in [5, 5.41) is 1.02. The fourth-order valence-electron chi connectivity index (χ4n) is 2.58. The van der Waals surface area contributed by atoms with Crippen LogP contribution >= 0.6 is 0 Å². The van der Waals surface area contributed by atoms with Gasteiger partial charge in [0.15, 0.2) is 0 Å². The van der Waals surface area contributed by atoms with E-state index in [1.165, 1.54) is 0 Å². The van der Waals surface area contributed by atoms with Crippen LogP contribution in [0.25, 0.3) is 22.2 Å². The molecule has 4 N–H and O–H groups in total. The molecule has 5 heteroatoms. The van der Waals surface area contributed by atoms with Crippen molar-refractivity contribution < 1.29 is 0 Å². The molecule has 1 atom stereocenters. The summed E-state index contributed by atoms with van der Waals surface area (Å²) in [5.74, 6) is 0. The summed E-state index contributed by atoms with van der Waals surface area (Å²) in [6.45, 7) is 4.67. The molecule has 0 fully saturated rings. The summed E-state index contributed by atoms with van der Waals surface area (Å²) in [6, 6.07) is 7.70. The van der Waals surface area contributed by atoms with Crippen molar-refractivity contribution in [2.45, 2.75) is 19.9 Å². The zero-order valence-electron chi connectivity index (χ0n) is 13.4. The van der Waals surface area contributed by atoms with Gasteiger partial charge in [-0.3, -0.25) is 9.97 Å². The topological polar surface area (TPSA) is 90.7 Å². The first kappa shape index (κ1) is 15.5. The van der Waals surface area contributed by atoms with Crippen LogP contribution in [0, 0.1) is 5.41 Å². The molecule has 0 aromatic carbocycles. The second-order valence-electron chi connectivity index (χ2n) is 6.40. The first-order chi connectivity index (χ1) is 11.0. The molecule has 0 aliphatic carbocycles. The van der Waals surface area contributed by atoms with Gasteiger partial charge in [-0.05, 0) is 41.8 Å². The summed E-state index contributed by atoms with van der Waals surface area (Å²) < 4.78 is 0. The molecule has 5 nitrogen and oxygen atoms in total. The Hall–Kier alpha value is -2.37.